The molecule has 0 N–H and O–H groups in total. The molecule has 0 aliphatic carbocycles. The van der Waals surface area contributed by atoms with E-state index in [1.165, 1.54) is 0 Å². The molecule has 8 aromatic carbocycles. The number of fused-ring (bicyclic) bond motifs is 3. The Kier molecular flexibility index (Phi) is 9.45. The average Bonchev–Trinajstić information content (AvgIpc) is 3.70. The van der Waals surface area contributed by atoms with Crippen molar-refractivity contribution in [2.75, 3.05) is 0 Å². The molecule has 0 saturated carbocycles. The van der Waals surface area contributed by atoms with Gasteiger partial charge in [-0.25, -0.2) is 19.9 Å². The molecule has 0 aliphatic heterocycles. The summed E-state index contributed by atoms with van der Waals surface area (Å²) in [6, 6.07) is 76.7. The van der Waals surface area contributed by atoms with Crippen molar-refractivity contribution < 1.29 is 0 Å². The Balaban J connectivity index is 1.19. The molecule has 0 unspecified atom stereocenters. The third kappa shape index (κ3) is 7.10. The van der Waals surface area contributed by atoms with Crippen LogP contribution in [0.3, 0.4) is 0 Å². The molecule has 294 valence electrons. The lowest BCUT2D eigenvalue weighted by Gasteiger charge is -2.17. The highest BCUT2D eigenvalue weighted by molar-refractivity contribution is 6.11. The van der Waals surface area contributed by atoms with Crippen molar-refractivity contribution in [3.05, 3.63) is 224 Å². The molecule has 0 spiro atoms. The summed E-state index contributed by atoms with van der Waals surface area (Å²) in [6.07, 6.45) is 0. The molecule has 0 saturated heterocycles. The van der Waals surface area contributed by atoms with Crippen molar-refractivity contribution in [2.24, 2.45) is 0 Å². The molecule has 0 amide bonds. The zero-order valence-electron chi connectivity index (χ0n) is 34.0. The lowest BCUT2D eigenvalue weighted by Crippen LogP contribution is -2.03. The van der Waals surface area contributed by atoms with Gasteiger partial charge in [0.25, 0.3) is 0 Å². The fourth-order valence-electron chi connectivity index (χ4n) is 8.40. The number of nitriles is 1. The van der Waals surface area contributed by atoms with Crippen LogP contribution in [0.2, 0.25) is 0 Å². The minimum atomic E-state index is 0.574. The summed E-state index contributed by atoms with van der Waals surface area (Å²) in [4.78, 5) is 21.2. The average molecular weight is 805 g/mol. The van der Waals surface area contributed by atoms with Crippen molar-refractivity contribution in [2.45, 2.75) is 0 Å². The Bertz CT molecular complexity index is 3390. The zero-order chi connectivity index (χ0) is 42.1. The van der Waals surface area contributed by atoms with E-state index in [0.717, 1.165) is 94.8 Å². The second kappa shape index (κ2) is 16.0. The van der Waals surface area contributed by atoms with Gasteiger partial charge in [-0.05, 0) is 71.8 Å². The molecule has 11 aromatic rings. The van der Waals surface area contributed by atoms with Gasteiger partial charge in [-0.3, -0.25) is 0 Å². The lowest BCUT2D eigenvalue weighted by atomic mass is 10.0. The Hall–Kier alpha value is -8.79. The van der Waals surface area contributed by atoms with Crippen LogP contribution in [0, 0.1) is 11.3 Å². The SMILES string of the molecule is N#Cc1cccc(-c2ccc3c(c2)c2ccccc2n3-c2ccc(-c3nc(-c4ccccc4)cc(-c4ccccc4)n3)cc2-c2nc(-c3ccccc3)cc(-c3ccccc3)n2)c1. The predicted molar refractivity (Wildman–Crippen MR) is 255 cm³/mol. The largest absolute Gasteiger partial charge is 0.309 e. The molecule has 6 nitrogen and oxygen atoms in total. The van der Waals surface area contributed by atoms with E-state index >= 15 is 0 Å². The third-order valence-electron chi connectivity index (χ3n) is 11.5. The van der Waals surface area contributed by atoms with Gasteiger partial charge in [-0.1, -0.05) is 158 Å². The predicted octanol–water partition coefficient (Wildman–Crippen LogP) is 13.9. The van der Waals surface area contributed by atoms with Crippen LogP contribution >= 0.6 is 0 Å². The Morgan fingerprint density at radius 2 is 0.794 bits per heavy atom. The maximum absolute atomic E-state index is 9.69. The van der Waals surface area contributed by atoms with Gasteiger partial charge in [0, 0.05) is 44.2 Å². The Morgan fingerprint density at radius 3 is 1.35 bits per heavy atom. The number of para-hydroxylation sites is 1. The molecule has 0 atom stereocenters. The smallest absolute Gasteiger partial charge is 0.162 e. The molecule has 3 heterocycles. The first-order valence-electron chi connectivity index (χ1n) is 20.9. The highest BCUT2D eigenvalue weighted by Gasteiger charge is 2.21. The third-order valence-corrected chi connectivity index (χ3v) is 11.5. The maximum Gasteiger partial charge on any atom is 0.162 e. The molecule has 0 fully saturated rings. The van der Waals surface area contributed by atoms with E-state index < -0.39 is 0 Å². The van der Waals surface area contributed by atoms with E-state index in [4.69, 9.17) is 19.9 Å². The molecule has 0 aliphatic rings. The summed E-state index contributed by atoms with van der Waals surface area (Å²) in [7, 11) is 0. The van der Waals surface area contributed by atoms with E-state index in [1.807, 2.05) is 91.0 Å². The van der Waals surface area contributed by atoms with Crippen molar-refractivity contribution in [3.8, 4) is 90.7 Å². The van der Waals surface area contributed by atoms with Gasteiger partial charge >= 0.3 is 0 Å². The molecule has 0 bridgehead atoms. The summed E-state index contributed by atoms with van der Waals surface area (Å²) in [5.41, 5.74) is 14.6. The minimum absolute atomic E-state index is 0.574. The van der Waals surface area contributed by atoms with E-state index in [2.05, 4.69) is 138 Å². The summed E-state index contributed by atoms with van der Waals surface area (Å²) >= 11 is 0. The number of hydrogen-bond acceptors (Lipinski definition) is 5. The first-order valence-corrected chi connectivity index (χ1v) is 20.9. The maximum atomic E-state index is 9.69. The van der Waals surface area contributed by atoms with Crippen LogP contribution in [-0.2, 0) is 0 Å². The van der Waals surface area contributed by atoms with Gasteiger partial charge in [0.05, 0.1) is 51.1 Å². The van der Waals surface area contributed by atoms with Crippen LogP contribution in [0.5, 0.6) is 0 Å². The van der Waals surface area contributed by atoms with Crippen LogP contribution in [0.25, 0.3) is 106 Å². The lowest BCUT2D eigenvalue weighted by molar-refractivity contribution is 1.13. The van der Waals surface area contributed by atoms with Crippen LogP contribution in [0.15, 0.2) is 218 Å². The van der Waals surface area contributed by atoms with Crippen LogP contribution in [0.1, 0.15) is 5.56 Å². The van der Waals surface area contributed by atoms with Crippen molar-refractivity contribution in [1.82, 2.24) is 24.5 Å². The summed E-state index contributed by atoms with van der Waals surface area (Å²) in [5, 5.41) is 11.9. The van der Waals surface area contributed by atoms with Gasteiger partial charge in [0.1, 0.15) is 0 Å². The fraction of sp³-hybridized carbons (Fsp3) is 0. The highest BCUT2D eigenvalue weighted by atomic mass is 15.0. The molecule has 6 heteroatoms. The van der Waals surface area contributed by atoms with E-state index in [9.17, 15) is 5.26 Å². The fourth-order valence-corrected chi connectivity index (χ4v) is 8.40. The molecular weight excluding hydrogens is 769 g/mol. The normalized spacial score (nSPS) is 11.2. The standard InChI is InChI=1S/C57H36N6/c58-37-38-16-15-25-43(32-38)44-28-30-54-47(33-44)46-26-13-14-27-53(46)63(54)55-31-29-45(56-59-49(39-17-5-1-6-18-39)35-50(60-56)40-19-7-2-8-20-40)34-48(55)57-61-51(41-21-9-3-10-22-41)36-52(62-57)42-23-11-4-12-24-42/h1-36H. The topological polar surface area (TPSA) is 80.3 Å². The van der Waals surface area contributed by atoms with Crippen LogP contribution in [-0.4, -0.2) is 24.5 Å². The van der Waals surface area contributed by atoms with Gasteiger partial charge in [0.15, 0.2) is 11.6 Å². The zero-order valence-corrected chi connectivity index (χ0v) is 34.0. The van der Waals surface area contributed by atoms with E-state index in [0.29, 0.717) is 17.2 Å². The van der Waals surface area contributed by atoms with Crippen molar-refractivity contribution in [1.29, 1.82) is 5.26 Å². The molecule has 3 aromatic heterocycles. The first-order chi connectivity index (χ1) is 31.2. The molecule has 0 radical (unpaired) electrons. The quantitative estimate of drug-likeness (QED) is 0.153. The monoisotopic (exact) mass is 804 g/mol. The number of rotatable bonds is 8. The van der Waals surface area contributed by atoms with Crippen molar-refractivity contribution >= 4 is 21.8 Å². The Labute approximate surface area is 364 Å². The molecule has 63 heavy (non-hydrogen) atoms. The number of benzene rings is 8. The molecular formula is C57H36N6. The summed E-state index contributed by atoms with van der Waals surface area (Å²) in [6.45, 7) is 0. The number of nitrogens with zero attached hydrogens (tertiary/aromatic N) is 6. The minimum Gasteiger partial charge on any atom is -0.309 e. The highest BCUT2D eigenvalue weighted by Crippen LogP contribution is 2.40. The summed E-state index contributed by atoms with van der Waals surface area (Å²) in [5.74, 6) is 1.17. The summed E-state index contributed by atoms with van der Waals surface area (Å²) < 4.78 is 2.32. The number of hydrogen-bond donors (Lipinski definition) is 0. The van der Waals surface area contributed by atoms with E-state index in [-0.39, 0.29) is 0 Å². The second-order valence-electron chi connectivity index (χ2n) is 15.4. The van der Waals surface area contributed by atoms with Crippen LogP contribution in [0.4, 0.5) is 0 Å². The first kappa shape index (κ1) is 37.2. The van der Waals surface area contributed by atoms with E-state index in [1.54, 1.807) is 0 Å². The van der Waals surface area contributed by atoms with Gasteiger partial charge < -0.3 is 4.57 Å². The van der Waals surface area contributed by atoms with Crippen LogP contribution < -0.4 is 0 Å². The van der Waals surface area contributed by atoms with Crippen molar-refractivity contribution in [3.63, 3.8) is 0 Å². The number of aromatic nitrogens is 5. The molecule has 11 rings (SSSR count). The Morgan fingerprint density at radius 1 is 0.333 bits per heavy atom. The van der Waals surface area contributed by atoms with Gasteiger partial charge in [-0.15, -0.1) is 0 Å². The van der Waals surface area contributed by atoms with Gasteiger partial charge in [0.2, 0.25) is 0 Å². The van der Waals surface area contributed by atoms with Gasteiger partial charge in [-0.2, -0.15) is 5.26 Å². The second-order valence-corrected chi connectivity index (χ2v) is 15.4.